The first kappa shape index (κ1) is 22.5. The highest BCUT2D eigenvalue weighted by molar-refractivity contribution is 6.34. The fraction of sp³-hybridized carbons (Fsp3) is 0.360. The highest BCUT2D eigenvalue weighted by Gasteiger charge is 2.36. The Morgan fingerprint density at radius 2 is 1.61 bits per heavy atom. The lowest BCUT2D eigenvalue weighted by Crippen LogP contribution is -2.43. The molecule has 1 heterocycles. The number of nitrogens with one attached hydrogen (secondary N) is 3. The van der Waals surface area contributed by atoms with Crippen LogP contribution in [0.5, 0.6) is 0 Å². The minimum absolute atomic E-state index is 0.184. The van der Waals surface area contributed by atoms with Crippen molar-refractivity contribution in [1.82, 2.24) is 10.6 Å². The van der Waals surface area contributed by atoms with E-state index in [1.165, 1.54) is 6.42 Å². The molecule has 1 saturated carbocycles. The molecule has 2 aromatic carbocycles. The number of urea groups is 1. The van der Waals surface area contributed by atoms with E-state index < -0.39 is 0 Å². The zero-order chi connectivity index (χ0) is 23.2. The van der Waals surface area contributed by atoms with Gasteiger partial charge in [-0.3, -0.25) is 14.4 Å². The number of hydrogen-bond acceptors (Lipinski definition) is 4. The summed E-state index contributed by atoms with van der Waals surface area (Å²) < 4.78 is 0. The van der Waals surface area contributed by atoms with Crippen molar-refractivity contribution in [3.63, 3.8) is 0 Å². The molecule has 0 radical (unpaired) electrons. The molecule has 0 saturated heterocycles. The van der Waals surface area contributed by atoms with E-state index in [9.17, 15) is 19.2 Å². The summed E-state index contributed by atoms with van der Waals surface area (Å²) in [6.07, 6.45) is 6.32. The van der Waals surface area contributed by atoms with E-state index in [0.717, 1.165) is 30.6 Å². The Balaban J connectivity index is 1.25. The number of carbonyl (C=O) groups excluding carboxylic acids is 4. The van der Waals surface area contributed by atoms with E-state index in [1.54, 1.807) is 48.5 Å². The number of anilines is 2. The SMILES string of the molecule is O=C(CCCNC(=O)NC1CCCCC1)Nc1cccc(N2C(=O)c3ccccc3C2=O)c1. The summed E-state index contributed by atoms with van der Waals surface area (Å²) in [4.78, 5) is 50.8. The lowest BCUT2D eigenvalue weighted by molar-refractivity contribution is -0.116. The molecule has 0 spiro atoms. The fourth-order valence-corrected chi connectivity index (χ4v) is 4.30. The third kappa shape index (κ3) is 5.39. The quantitative estimate of drug-likeness (QED) is 0.442. The van der Waals surface area contributed by atoms with Crippen LogP contribution in [0.2, 0.25) is 0 Å². The molecule has 0 unspecified atom stereocenters. The van der Waals surface area contributed by atoms with E-state index in [4.69, 9.17) is 0 Å². The molecule has 0 atom stereocenters. The Labute approximate surface area is 192 Å². The van der Waals surface area contributed by atoms with E-state index >= 15 is 0 Å². The summed E-state index contributed by atoms with van der Waals surface area (Å²) in [5.41, 5.74) is 1.64. The molecule has 3 N–H and O–H groups in total. The maximum atomic E-state index is 12.7. The molecule has 33 heavy (non-hydrogen) atoms. The summed E-state index contributed by atoms with van der Waals surface area (Å²) >= 11 is 0. The molecule has 8 heteroatoms. The van der Waals surface area contributed by atoms with Crippen LogP contribution in [0.15, 0.2) is 48.5 Å². The van der Waals surface area contributed by atoms with Gasteiger partial charge in [-0.2, -0.15) is 0 Å². The molecule has 0 bridgehead atoms. The topological polar surface area (TPSA) is 108 Å². The van der Waals surface area contributed by atoms with Crippen molar-refractivity contribution < 1.29 is 19.2 Å². The number of fused-ring (bicyclic) bond motifs is 1. The van der Waals surface area contributed by atoms with Gasteiger partial charge in [0.15, 0.2) is 0 Å². The Morgan fingerprint density at radius 3 is 2.30 bits per heavy atom. The monoisotopic (exact) mass is 448 g/mol. The normalized spacial score (nSPS) is 15.8. The molecular formula is C25H28N4O4. The molecule has 1 aliphatic carbocycles. The zero-order valence-electron chi connectivity index (χ0n) is 18.4. The van der Waals surface area contributed by atoms with Gasteiger partial charge < -0.3 is 16.0 Å². The van der Waals surface area contributed by atoms with Crippen molar-refractivity contribution in [3.8, 4) is 0 Å². The van der Waals surface area contributed by atoms with Gasteiger partial charge in [-0.15, -0.1) is 0 Å². The Hall–Kier alpha value is -3.68. The van der Waals surface area contributed by atoms with E-state index in [0.29, 0.717) is 35.5 Å². The number of rotatable bonds is 7. The van der Waals surface area contributed by atoms with Crippen LogP contribution in [0.1, 0.15) is 65.7 Å². The maximum absolute atomic E-state index is 12.7. The van der Waals surface area contributed by atoms with E-state index in [2.05, 4.69) is 16.0 Å². The zero-order valence-corrected chi connectivity index (χ0v) is 18.4. The van der Waals surface area contributed by atoms with E-state index in [1.807, 2.05) is 0 Å². The molecule has 2 aliphatic rings. The van der Waals surface area contributed by atoms with Crippen LogP contribution in [-0.4, -0.2) is 36.3 Å². The van der Waals surface area contributed by atoms with Crippen molar-refractivity contribution >= 4 is 35.1 Å². The largest absolute Gasteiger partial charge is 0.338 e. The predicted molar refractivity (Wildman–Crippen MR) is 125 cm³/mol. The van der Waals surface area contributed by atoms with Crippen LogP contribution < -0.4 is 20.9 Å². The Morgan fingerprint density at radius 1 is 0.909 bits per heavy atom. The third-order valence-corrected chi connectivity index (χ3v) is 5.99. The molecule has 5 amide bonds. The van der Waals surface area contributed by atoms with Gasteiger partial charge in [-0.05, 0) is 49.6 Å². The second-order valence-corrected chi connectivity index (χ2v) is 8.43. The Bertz CT molecular complexity index is 1030. The summed E-state index contributed by atoms with van der Waals surface area (Å²) in [5.74, 6) is -0.961. The van der Waals surface area contributed by atoms with Crippen LogP contribution in [0.4, 0.5) is 16.2 Å². The number of imide groups is 1. The molecule has 8 nitrogen and oxygen atoms in total. The van der Waals surface area contributed by atoms with Crippen LogP contribution in [0, 0.1) is 0 Å². The summed E-state index contributed by atoms with van der Waals surface area (Å²) in [6.45, 7) is 0.404. The number of benzene rings is 2. The second-order valence-electron chi connectivity index (χ2n) is 8.43. The van der Waals surface area contributed by atoms with Gasteiger partial charge in [0.1, 0.15) is 0 Å². The van der Waals surface area contributed by atoms with Crippen LogP contribution in [0.3, 0.4) is 0 Å². The molecule has 1 fully saturated rings. The van der Waals surface area contributed by atoms with Gasteiger partial charge in [-0.1, -0.05) is 37.5 Å². The van der Waals surface area contributed by atoms with Crippen molar-refractivity contribution in [2.75, 3.05) is 16.8 Å². The molecular weight excluding hydrogens is 420 g/mol. The van der Waals surface area contributed by atoms with Gasteiger partial charge in [0.05, 0.1) is 16.8 Å². The molecule has 4 rings (SSSR count). The number of amides is 5. The predicted octanol–water partition coefficient (Wildman–Crippen LogP) is 3.84. The maximum Gasteiger partial charge on any atom is 0.315 e. The van der Waals surface area contributed by atoms with E-state index in [-0.39, 0.29) is 36.2 Å². The van der Waals surface area contributed by atoms with Crippen LogP contribution in [-0.2, 0) is 4.79 Å². The highest BCUT2D eigenvalue weighted by Crippen LogP contribution is 2.29. The third-order valence-electron chi connectivity index (χ3n) is 5.99. The average molecular weight is 449 g/mol. The van der Waals surface area contributed by atoms with Gasteiger partial charge in [0.2, 0.25) is 5.91 Å². The molecule has 0 aromatic heterocycles. The number of nitrogens with zero attached hydrogens (tertiary/aromatic N) is 1. The average Bonchev–Trinajstić information content (AvgIpc) is 3.08. The summed E-state index contributed by atoms with van der Waals surface area (Å²) in [6, 6.07) is 13.4. The molecule has 1 aliphatic heterocycles. The van der Waals surface area contributed by atoms with Crippen LogP contribution in [0.25, 0.3) is 0 Å². The first-order chi connectivity index (χ1) is 16.0. The second kappa shape index (κ2) is 10.3. The first-order valence-corrected chi connectivity index (χ1v) is 11.4. The van der Waals surface area contributed by atoms with Crippen molar-refractivity contribution in [3.05, 3.63) is 59.7 Å². The van der Waals surface area contributed by atoms with Gasteiger partial charge >= 0.3 is 6.03 Å². The standard InChI is InChI=1S/C25H28N4O4/c30-22(14-7-15-26-25(33)28-17-8-2-1-3-9-17)27-18-10-6-11-19(16-18)29-23(31)20-12-4-5-13-21(20)24(29)32/h4-6,10-13,16-17H,1-3,7-9,14-15H2,(H,27,30)(H2,26,28,33). The highest BCUT2D eigenvalue weighted by atomic mass is 16.2. The molecule has 172 valence electrons. The molecule has 2 aromatic rings. The van der Waals surface area contributed by atoms with Crippen LogP contribution >= 0.6 is 0 Å². The van der Waals surface area contributed by atoms with Gasteiger partial charge in [-0.25, -0.2) is 9.69 Å². The van der Waals surface area contributed by atoms with Crippen molar-refractivity contribution in [1.29, 1.82) is 0 Å². The minimum Gasteiger partial charge on any atom is -0.338 e. The van der Waals surface area contributed by atoms with Crippen molar-refractivity contribution in [2.45, 2.75) is 51.0 Å². The summed E-state index contributed by atoms with van der Waals surface area (Å²) in [5, 5.41) is 8.58. The minimum atomic E-state index is -0.378. The lowest BCUT2D eigenvalue weighted by atomic mass is 9.96. The Kier molecular flexibility index (Phi) is 7.02. The number of hydrogen-bond donors (Lipinski definition) is 3. The first-order valence-electron chi connectivity index (χ1n) is 11.4. The van der Waals surface area contributed by atoms with Gasteiger partial charge in [0.25, 0.3) is 11.8 Å². The van der Waals surface area contributed by atoms with Gasteiger partial charge in [0, 0.05) is 24.7 Å². The number of carbonyl (C=O) groups is 4. The summed E-state index contributed by atoms with van der Waals surface area (Å²) in [7, 11) is 0. The lowest BCUT2D eigenvalue weighted by Gasteiger charge is -2.22. The van der Waals surface area contributed by atoms with Crippen molar-refractivity contribution in [2.24, 2.45) is 0 Å². The fourth-order valence-electron chi connectivity index (χ4n) is 4.30. The smallest absolute Gasteiger partial charge is 0.315 e.